The third-order valence-electron chi connectivity index (χ3n) is 2.43. The van der Waals surface area contributed by atoms with Gasteiger partial charge in [-0.25, -0.2) is 0 Å². The zero-order chi connectivity index (χ0) is 13.8. The van der Waals surface area contributed by atoms with E-state index < -0.39 is 12.2 Å². The predicted molar refractivity (Wildman–Crippen MR) is 67.8 cm³/mol. The number of methoxy groups -OCH3 is 1. The number of ether oxygens (including phenoxy) is 1. The molecule has 0 radical (unpaired) electrons. The molecule has 0 fully saturated rings. The van der Waals surface area contributed by atoms with E-state index in [2.05, 4.69) is 21.2 Å². The number of benzene rings is 1. The van der Waals surface area contributed by atoms with Crippen molar-refractivity contribution in [3.63, 3.8) is 0 Å². The van der Waals surface area contributed by atoms with Gasteiger partial charge in [0, 0.05) is 0 Å². The van der Waals surface area contributed by atoms with Gasteiger partial charge in [-0.2, -0.15) is 13.2 Å². The molecule has 0 bridgehead atoms. The number of halogens is 4. The van der Waals surface area contributed by atoms with Crippen LogP contribution in [-0.2, 0) is 0 Å². The molecule has 0 aliphatic rings. The lowest BCUT2D eigenvalue weighted by molar-refractivity contribution is -0.157. The van der Waals surface area contributed by atoms with Crippen molar-refractivity contribution in [3.8, 4) is 5.75 Å². The highest BCUT2D eigenvalue weighted by molar-refractivity contribution is 9.10. The summed E-state index contributed by atoms with van der Waals surface area (Å²) in [6, 6.07) is 2.72. The second-order valence-electron chi connectivity index (χ2n) is 3.82. The van der Waals surface area contributed by atoms with Gasteiger partial charge in [0.05, 0.1) is 11.6 Å². The third-order valence-corrected chi connectivity index (χ3v) is 3.05. The van der Waals surface area contributed by atoms with E-state index in [1.54, 1.807) is 0 Å². The van der Waals surface area contributed by atoms with Gasteiger partial charge in [-0.15, -0.1) is 0 Å². The minimum Gasteiger partial charge on any atom is -0.496 e. The molecule has 102 valence electrons. The maximum atomic E-state index is 12.9. The van der Waals surface area contributed by atoms with Gasteiger partial charge in [0.15, 0.2) is 0 Å². The fraction of sp³-hybridized carbons (Fsp3) is 0.500. The van der Waals surface area contributed by atoms with Crippen LogP contribution >= 0.6 is 15.9 Å². The molecular formula is C12H15BrF3NO. The highest BCUT2D eigenvalue weighted by Crippen LogP contribution is 2.36. The lowest BCUT2D eigenvalue weighted by atomic mass is 10.1. The van der Waals surface area contributed by atoms with Crippen LogP contribution in [0.25, 0.3) is 0 Å². The number of hydrogen-bond acceptors (Lipinski definition) is 2. The van der Waals surface area contributed by atoms with E-state index >= 15 is 0 Å². The van der Waals surface area contributed by atoms with Crippen LogP contribution in [0, 0.1) is 0 Å². The van der Waals surface area contributed by atoms with Crippen LogP contribution in [0.2, 0.25) is 0 Å². The second-order valence-corrected chi connectivity index (χ2v) is 4.68. The molecule has 6 heteroatoms. The summed E-state index contributed by atoms with van der Waals surface area (Å²) >= 11 is 3.19. The SMILES string of the molecule is CCCNC(c1ccc(OC)c(Br)c1)C(F)(F)F. The number of alkyl halides is 3. The van der Waals surface area contributed by atoms with Gasteiger partial charge in [-0.05, 0) is 46.6 Å². The molecule has 1 unspecified atom stereocenters. The van der Waals surface area contributed by atoms with Gasteiger partial charge < -0.3 is 10.1 Å². The van der Waals surface area contributed by atoms with Crippen LogP contribution in [0.5, 0.6) is 5.75 Å². The first-order valence-electron chi connectivity index (χ1n) is 5.53. The lowest BCUT2D eigenvalue weighted by Gasteiger charge is -2.22. The third kappa shape index (κ3) is 3.88. The van der Waals surface area contributed by atoms with Gasteiger partial charge in [-0.3, -0.25) is 0 Å². The van der Waals surface area contributed by atoms with Crippen molar-refractivity contribution in [1.82, 2.24) is 5.32 Å². The van der Waals surface area contributed by atoms with Crippen LogP contribution in [0.3, 0.4) is 0 Å². The van der Waals surface area contributed by atoms with Crippen molar-refractivity contribution in [2.24, 2.45) is 0 Å². The molecule has 0 saturated carbocycles. The van der Waals surface area contributed by atoms with Crippen LogP contribution in [0.4, 0.5) is 13.2 Å². The van der Waals surface area contributed by atoms with Gasteiger partial charge in [0.1, 0.15) is 11.8 Å². The summed E-state index contributed by atoms with van der Waals surface area (Å²) in [6.07, 6.45) is -3.67. The van der Waals surface area contributed by atoms with E-state index in [1.807, 2.05) is 6.92 Å². The molecule has 0 aliphatic carbocycles. The van der Waals surface area contributed by atoms with E-state index in [-0.39, 0.29) is 5.56 Å². The Morgan fingerprint density at radius 2 is 2.06 bits per heavy atom. The first-order valence-corrected chi connectivity index (χ1v) is 6.33. The highest BCUT2D eigenvalue weighted by Gasteiger charge is 2.40. The number of nitrogens with one attached hydrogen (secondary N) is 1. The van der Waals surface area contributed by atoms with Gasteiger partial charge in [0.2, 0.25) is 0 Å². The molecule has 0 saturated heterocycles. The Hall–Kier alpha value is -0.750. The fourth-order valence-electron chi connectivity index (χ4n) is 1.57. The second kappa shape index (κ2) is 6.43. The van der Waals surface area contributed by atoms with Gasteiger partial charge in [-0.1, -0.05) is 13.0 Å². The molecule has 1 aromatic carbocycles. The quantitative estimate of drug-likeness (QED) is 0.881. The first-order chi connectivity index (χ1) is 8.40. The Labute approximate surface area is 113 Å². The minimum atomic E-state index is -4.32. The van der Waals surface area contributed by atoms with Crippen molar-refractivity contribution in [2.75, 3.05) is 13.7 Å². The maximum absolute atomic E-state index is 12.9. The first kappa shape index (κ1) is 15.3. The molecule has 1 atom stereocenters. The van der Waals surface area contributed by atoms with E-state index in [1.165, 1.54) is 25.3 Å². The Balaban J connectivity index is 3.02. The lowest BCUT2D eigenvalue weighted by Crippen LogP contribution is -2.34. The largest absolute Gasteiger partial charge is 0.496 e. The van der Waals surface area contributed by atoms with Gasteiger partial charge in [0.25, 0.3) is 0 Å². The average molecular weight is 326 g/mol. The standard InChI is InChI=1S/C12H15BrF3NO/c1-3-6-17-11(12(14,15)16)8-4-5-10(18-2)9(13)7-8/h4-5,7,11,17H,3,6H2,1-2H3. The molecular weight excluding hydrogens is 311 g/mol. The molecule has 18 heavy (non-hydrogen) atoms. The van der Waals surface area contributed by atoms with Crippen molar-refractivity contribution in [1.29, 1.82) is 0 Å². The Morgan fingerprint density at radius 3 is 2.50 bits per heavy atom. The molecule has 0 aromatic heterocycles. The maximum Gasteiger partial charge on any atom is 0.407 e. The molecule has 1 rings (SSSR count). The summed E-state index contributed by atoms with van der Waals surface area (Å²) < 4.78 is 44.3. The number of rotatable bonds is 5. The minimum absolute atomic E-state index is 0.170. The van der Waals surface area contributed by atoms with Crippen LogP contribution < -0.4 is 10.1 Å². The summed E-state index contributed by atoms with van der Waals surface area (Å²) in [5.74, 6) is 0.509. The normalized spacial score (nSPS) is 13.4. The Kier molecular flexibility index (Phi) is 5.47. The highest BCUT2D eigenvalue weighted by atomic mass is 79.9. The average Bonchev–Trinajstić information content (AvgIpc) is 2.28. The van der Waals surface area contributed by atoms with Gasteiger partial charge >= 0.3 is 6.18 Å². The molecule has 0 spiro atoms. The molecule has 1 N–H and O–H groups in total. The summed E-state index contributed by atoms with van der Waals surface area (Å²) in [4.78, 5) is 0. The fourth-order valence-corrected chi connectivity index (χ4v) is 2.13. The van der Waals surface area contributed by atoms with Crippen molar-refractivity contribution < 1.29 is 17.9 Å². The topological polar surface area (TPSA) is 21.3 Å². The summed E-state index contributed by atoms with van der Waals surface area (Å²) in [6.45, 7) is 2.14. The van der Waals surface area contributed by atoms with Crippen molar-refractivity contribution in [2.45, 2.75) is 25.6 Å². The van der Waals surface area contributed by atoms with Crippen molar-refractivity contribution >= 4 is 15.9 Å². The zero-order valence-electron chi connectivity index (χ0n) is 10.1. The smallest absolute Gasteiger partial charge is 0.407 e. The Bertz CT molecular complexity index is 395. The molecule has 1 aromatic rings. The summed E-state index contributed by atoms with van der Waals surface area (Å²) in [5, 5.41) is 2.50. The van der Waals surface area contributed by atoms with Crippen LogP contribution in [0.1, 0.15) is 24.9 Å². The Morgan fingerprint density at radius 1 is 1.39 bits per heavy atom. The summed E-state index contributed by atoms with van der Waals surface area (Å²) in [5.41, 5.74) is 0.170. The monoisotopic (exact) mass is 325 g/mol. The zero-order valence-corrected chi connectivity index (χ0v) is 11.7. The van der Waals surface area contributed by atoms with E-state index in [0.29, 0.717) is 23.2 Å². The van der Waals surface area contributed by atoms with E-state index in [4.69, 9.17) is 4.74 Å². The van der Waals surface area contributed by atoms with E-state index in [9.17, 15) is 13.2 Å². The molecule has 0 aliphatic heterocycles. The molecule has 2 nitrogen and oxygen atoms in total. The molecule has 0 amide bonds. The van der Waals surface area contributed by atoms with E-state index in [0.717, 1.165) is 0 Å². The van der Waals surface area contributed by atoms with Crippen LogP contribution in [0.15, 0.2) is 22.7 Å². The number of hydrogen-bond donors (Lipinski definition) is 1. The van der Waals surface area contributed by atoms with Crippen molar-refractivity contribution in [3.05, 3.63) is 28.2 Å². The predicted octanol–water partition coefficient (Wildman–Crippen LogP) is 4.06. The summed E-state index contributed by atoms with van der Waals surface area (Å²) in [7, 11) is 1.47. The molecule has 0 heterocycles. The van der Waals surface area contributed by atoms with Crippen LogP contribution in [-0.4, -0.2) is 19.8 Å².